The van der Waals surface area contributed by atoms with Crippen molar-refractivity contribution in [2.75, 3.05) is 14.2 Å². The van der Waals surface area contributed by atoms with Gasteiger partial charge in [-0.1, -0.05) is 157 Å². The van der Waals surface area contributed by atoms with Crippen LogP contribution in [0.15, 0.2) is 72.3 Å². The average molecular weight is 1100 g/mol. The highest BCUT2D eigenvalue weighted by atomic mass is 19.4. The molecule has 2 aromatic carbocycles. The molecule has 2 unspecified atom stereocenters. The molecule has 0 amide bonds. The Morgan fingerprint density at radius 3 is 1.49 bits per heavy atom. The second-order valence-corrected chi connectivity index (χ2v) is 20.7. The predicted molar refractivity (Wildman–Crippen MR) is 277 cm³/mol. The van der Waals surface area contributed by atoms with Crippen molar-refractivity contribution in [1.29, 1.82) is 0 Å². The van der Waals surface area contributed by atoms with Gasteiger partial charge in [0.25, 0.3) is 11.2 Å². The van der Waals surface area contributed by atoms with Crippen molar-refractivity contribution in [2.45, 2.75) is 248 Å². The third-order valence-corrected chi connectivity index (χ3v) is 14.7. The summed E-state index contributed by atoms with van der Waals surface area (Å²) >= 11 is 0. The molecular weight excluding hydrogens is 1010 g/mol. The maximum absolute atomic E-state index is 15.3. The summed E-state index contributed by atoms with van der Waals surface area (Å²) in [7, 11) is 1.50. The smallest absolute Gasteiger partial charge is 0.432 e. The van der Waals surface area contributed by atoms with Gasteiger partial charge in [-0.05, 0) is 77.2 Å². The van der Waals surface area contributed by atoms with E-state index in [2.05, 4.69) is 6.92 Å². The van der Waals surface area contributed by atoms with E-state index in [-0.39, 0.29) is 44.2 Å². The van der Waals surface area contributed by atoms with E-state index in [1.807, 2.05) is 13.0 Å². The van der Waals surface area contributed by atoms with Gasteiger partial charge in [0.05, 0.1) is 18.3 Å². The van der Waals surface area contributed by atoms with E-state index in [0.29, 0.717) is 50.5 Å². The van der Waals surface area contributed by atoms with Crippen LogP contribution in [0.2, 0.25) is 0 Å². The Morgan fingerprint density at radius 2 is 1.04 bits per heavy atom. The first-order valence-electron chi connectivity index (χ1n) is 27.9. The second-order valence-electron chi connectivity index (χ2n) is 20.7. The summed E-state index contributed by atoms with van der Waals surface area (Å²) in [6.07, 6.45) is 0.820. The minimum Gasteiger partial charge on any atom is -0.462 e. The molecule has 4 rings (SSSR count). The molecule has 2 aliphatic heterocycles. The number of hydrogen-bond donors (Lipinski definition) is 1. The number of benzene rings is 2. The van der Waals surface area contributed by atoms with Crippen molar-refractivity contribution < 1.29 is 83.8 Å². The molecule has 434 valence electrons. The number of hydrogen-bond acceptors (Lipinski definition) is 12. The zero-order valence-corrected chi connectivity index (χ0v) is 45.8. The maximum Gasteiger partial charge on any atom is 0.432 e. The van der Waals surface area contributed by atoms with E-state index in [1.54, 1.807) is 0 Å². The van der Waals surface area contributed by atoms with Gasteiger partial charge in [0, 0.05) is 44.3 Å². The number of ether oxygens (including phenoxy) is 7. The zero-order chi connectivity index (χ0) is 56.5. The molecule has 2 aliphatic rings. The lowest BCUT2D eigenvalue weighted by atomic mass is 9.92. The van der Waals surface area contributed by atoms with E-state index >= 15 is 26.3 Å². The summed E-state index contributed by atoms with van der Waals surface area (Å²) in [5, 5.41) is 10.8. The summed E-state index contributed by atoms with van der Waals surface area (Å²) in [4.78, 5) is 52.8. The highest BCUT2D eigenvalue weighted by molar-refractivity contribution is 5.90. The van der Waals surface area contributed by atoms with Gasteiger partial charge in [0.1, 0.15) is 24.4 Å². The molecule has 1 saturated heterocycles. The number of rotatable bonds is 37. The predicted octanol–water partition coefficient (Wildman–Crippen LogP) is 13.7. The van der Waals surface area contributed by atoms with E-state index in [4.69, 9.17) is 33.2 Å². The average Bonchev–Trinajstić information content (AvgIpc) is 4.04. The molecule has 2 heterocycles. The van der Waals surface area contributed by atoms with Crippen molar-refractivity contribution in [2.24, 2.45) is 0 Å². The second kappa shape index (κ2) is 32.5. The van der Waals surface area contributed by atoms with Crippen molar-refractivity contribution in [1.82, 2.24) is 0 Å². The van der Waals surface area contributed by atoms with Crippen LogP contribution in [0.4, 0.5) is 26.3 Å². The fraction of sp³-hybridized carbons (Fsp3) is 0.695. The third kappa shape index (κ3) is 19.4. The summed E-state index contributed by atoms with van der Waals surface area (Å²) in [6.45, 7) is 5.14. The lowest BCUT2D eigenvalue weighted by molar-refractivity contribution is -0.280. The number of alkyl halides is 6. The molecule has 1 N–H and O–H groups in total. The van der Waals surface area contributed by atoms with Crippen LogP contribution in [0.1, 0.15) is 192 Å². The van der Waals surface area contributed by atoms with Gasteiger partial charge in [-0.15, -0.1) is 0 Å². The lowest BCUT2D eigenvalue weighted by Gasteiger charge is -2.36. The van der Waals surface area contributed by atoms with Crippen LogP contribution in [0.3, 0.4) is 0 Å². The normalized spacial score (nSPS) is 20.0. The number of cyclic esters (lactones) is 1. The van der Waals surface area contributed by atoms with E-state index < -0.39 is 89.2 Å². The number of aliphatic hydroxyl groups is 1. The van der Waals surface area contributed by atoms with E-state index in [9.17, 15) is 24.3 Å². The molecule has 12 nitrogen and oxygen atoms in total. The molecule has 0 spiro atoms. The molecule has 0 aromatic heterocycles. The number of methoxy groups -OCH3 is 2. The third-order valence-electron chi connectivity index (χ3n) is 14.7. The summed E-state index contributed by atoms with van der Waals surface area (Å²) in [5.41, 5.74) is -7.48. The number of esters is 4. The van der Waals surface area contributed by atoms with Crippen LogP contribution in [-0.2, 0) is 63.5 Å². The molecule has 18 heteroatoms. The minimum atomic E-state index is -5.34. The fourth-order valence-corrected chi connectivity index (χ4v) is 10.5. The van der Waals surface area contributed by atoms with Gasteiger partial charge in [0.15, 0.2) is 0 Å². The van der Waals surface area contributed by atoms with Crippen molar-refractivity contribution >= 4 is 23.9 Å². The number of carbonyl (C=O) groups excluding carboxylic acids is 4. The number of halogens is 6. The molecule has 2 aromatic rings. The van der Waals surface area contributed by atoms with Crippen molar-refractivity contribution in [3.8, 4) is 0 Å². The van der Waals surface area contributed by atoms with Crippen LogP contribution < -0.4 is 0 Å². The zero-order valence-electron chi connectivity index (χ0n) is 45.8. The Morgan fingerprint density at radius 1 is 0.610 bits per heavy atom. The van der Waals surface area contributed by atoms with Gasteiger partial charge >= 0.3 is 36.2 Å². The van der Waals surface area contributed by atoms with E-state index in [1.165, 1.54) is 49.2 Å². The first-order valence-corrected chi connectivity index (χ1v) is 27.9. The molecule has 0 saturated carbocycles. The maximum atomic E-state index is 15.3. The van der Waals surface area contributed by atoms with Crippen LogP contribution in [0, 0.1) is 0 Å². The molecule has 0 bridgehead atoms. The van der Waals surface area contributed by atoms with Crippen LogP contribution >= 0.6 is 0 Å². The highest BCUT2D eigenvalue weighted by Crippen LogP contribution is 2.46. The highest BCUT2D eigenvalue weighted by Gasteiger charge is 2.66. The minimum absolute atomic E-state index is 0.00435. The molecule has 9 atom stereocenters. The van der Waals surface area contributed by atoms with Crippen LogP contribution in [-0.4, -0.2) is 98.3 Å². The van der Waals surface area contributed by atoms with Gasteiger partial charge in [0.2, 0.25) is 0 Å². The largest absolute Gasteiger partial charge is 0.462 e. The van der Waals surface area contributed by atoms with Gasteiger partial charge in [-0.2, -0.15) is 26.3 Å². The number of carbonyl (C=O) groups is 4. The monoisotopic (exact) mass is 1100 g/mol. The first-order chi connectivity index (χ1) is 36.7. The Hall–Kier alpha value is -4.52. The Kier molecular flexibility index (Phi) is 27.5. The molecule has 77 heavy (non-hydrogen) atoms. The SMILES string of the molecule is CCCCCCCCCCCC[C@@H](OC(=O)[C@](OC)(c1ccccc1)C(F)(F)F)[C@H]1CC[C@H]([C@@H](CC(CCCCC(O)CCCCCCCC2=C[C@H](C)OC2=O)OC(C)=O)OC(=O)[C@](OC)(c2ccccc2)C(F)(F)F)O1. The van der Waals surface area contributed by atoms with Gasteiger partial charge < -0.3 is 38.3 Å². The van der Waals surface area contributed by atoms with Gasteiger partial charge in [-0.25, -0.2) is 14.4 Å². The molecule has 1 fully saturated rings. The number of unbranched alkanes of at least 4 members (excludes halogenated alkanes) is 14. The van der Waals surface area contributed by atoms with Crippen LogP contribution in [0.25, 0.3) is 0 Å². The topological polar surface area (TPSA) is 153 Å². The fourth-order valence-electron chi connectivity index (χ4n) is 10.5. The molecule has 0 radical (unpaired) electrons. The Balaban J connectivity index is 1.53. The quantitative estimate of drug-likeness (QED) is 0.0296. The molecular formula is C59H84F6O12. The number of aliphatic hydroxyl groups excluding tert-OH is 1. The summed E-state index contributed by atoms with van der Waals surface area (Å²) in [6, 6.07) is 12.6. The van der Waals surface area contributed by atoms with Crippen molar-refractivity contribution in [3.05, 3.63) is 83.4 Å². The molecule has 0 aliphatic carbocycles. The van der Waals surface area contributed by atoms with Crippen LogP contribution in [0.5, 0.6) is 0 Å². The summed E-state index contributed by atoms with van der Waals surface area (Å²) in [5.74, 6) is -4.51. The lowest BCUT2D eigenvalue weighted by Crippen LogP contribution is -2.54. The Bertz CT molecular complexity index is 2090. The standard InChI is InChI=1S/C59H84F6O12/c1-6-7-8-9-10-11-12-13-17-26-37-49(76-54(69)56(71-4,58(60,61)62)45-30-21-18-22-31-45)50-38-39-51(75-50)52(77-55(70)57(72-5,59(63,64)65)46-32-23-19-24-33-46)41-48(74-43(3)66)36-28-27-35-47(67)34-25-16-14-15-20-29-44-40-42(2)73-53(44)68/h18-19,21-24,30-33,40,42,47-52,67H,6-17,20,25-29,34-39,41H2,1-5H3/t42-,47?,48?,49+,50+,51+,52+,56+,57+/m0/s1. The Labute approximate surface area is 451 Å². The summed E-state index contributed by atoms with van der Waals surface area (Å²) < 4.78 is 130. The van der Waals surface area contributed by atoms with E-state index in [0.717, 1.165) is 116 Å². The van der Waals surface area contributed by atoms with Gasteiger partial charge in [-0.3, -0.25) is 4.79 Å². The van der Waals surface area contributed by atoms with Crippen molar-refractivity contribution in [3.63, 3.8) is 0 Å². The first kappa shape index (κ1) is 65.0.